The summed E-state index contributed by atoms with van der Waals surface area (Å²) in [5, 5.41) is 6.51. The van der Waals surface area contributed by atoms with Crippen LogP contribution in [-0.4, -0.2) is 69.9 Å². The number of pyridine rings is 3. The van der Waals surface area contributed by atoms with Gasteiger partial charge < -0.3 is 15.5 Å². The topological polar surface area (TPSA) is 103 Å². The van der Waals surface area contributed by atoms with Crippen molar-refractivity contribution in [2.24, 2.45) is 0 Å². The molecule has 2 N–H and O–H groups in total. The SMILES string of the molecule is Cc1ccc(C(=O)NC2CCN(Cc3ccc(N4CCC(NC(=O)c5cccc(-c6cccnc6)c5)CC4)nc3)CC2)cc1-c1cccnc1. The Morgan fingerprint density at radius 1 is 0.680 bits per heavy atom. The van der Waals surface area contributed by atoms with Crippen molar-refractivity contribution in [3.8, 4) is 22.3 Å². The van der Waals surface area contributed by atoms with Gasteiger partial charge in [-0.2, -0.15) is 0 Å². The third-order valence-corrected chi connectivity index (χ3v) is 9.88. The zero-order chi connectivity index (χ0) is 34.3. The maximum Gasteiger partial charge on any atom is 0.251 e. The number of anilines is 1. The summed E-state index contributed by atoms with van der Waals surface area (Å²) < 4.78 is 0. The summed E-state index contributed by atoms with van der Waals surface area (Å²) in [7, 11) is 0. The maximum atomic E-state index is 13.1. The molecule has 0 unspecified atom stereocenters. The maximum absolute atomic E-state index is 13.1. The van der Waals surface area contributed by atoms with Crippen LogP contribution in [0.1, 0.15) is 57.5 Å². The van der Waals surface area contributed by atoms with Gasteiger partial charge in [0, 0.05) is 98.0 Å². The van der Waals surface area contributed by atoms with E-state index in [1.807, 2.05) is 85.3 Å². The van der Waals surface area contributed by atoms with Crippen LogP contribution in [0.4, 0.5) is 5.82 Å². The zero-order valence-corrected chi connectivity index (χ0v) is 28.5. The van der Waals surface area contributed by atoms with Gasteiger partial charge in [0.2, 0.25) is 0 Å². The first-order valence-electron chi connectivity index (χ1n) is 17.5. The molecule has 9 heteroatoms. The van der Waals surface area contributed by atoms with Gasteiger partial charge in [0.05, 0.1) is 0 Å². The average molecular weight is 666 g/mol. The van der Waals surface area contributed by atoms with Crippen molar-refractivity contribution in [3.05, 3.63) is 132 Å². The lowest BCUT2D eigenvalue weighted by molar-refractivity contribution is 0.0906. The number of carbonyl (C=O) groups excluding carboxylic acids is 2. The number of benzene rings is 2. The molecule has 0 spiro atoms. The van der Waals surface area contributed by atoms with E-state index >= 15 is 0 Å². The summed E-state index contributed by atoms with van der Waals surface area (Å²) >= 11 is 0. The van der Waals surface area contributed by atoms with Crippen LogP contribution in [0.15, 0.2) is 110 Å². The largest absolute Gasteiger partial charge is 0.356 e. The Bertz CT molecular complexity index is 1900. The van der Waals surface area contributed by atoms with Gasteiger partial charge in [0.1, 0.15) is 5.82 Å². The molecule has 5 aromatic rings. The van der Waals surface area contributed by atoms with Gasteiger partial charge in [-0.3, -0.25) is 24.5 Å². The standard InChI is InChI=1S/C41H43N7O2/c1-29-9-11-33(24-38(29)35-8-4-18-43-27-35)41(50)45-36-13-19-47(20-14-36)28-30-10-12-39(44-25-30)48-21-15-37(16-22-48)46-40(49)32-6-2-5-31(23-32)34-7-3-17-42-26-34/h2-12,17-18,23-27,36-37H,13-16,19-22,28H2,1H3,(H,45,50)(H,46,49). The van der Waals surface area contributed by atoms with Crippen molar-refractivity contribution >= 4 is 17.6 Å². The molecular formula is C41H43N7O2. The predicted molar refractivity (Wildman–Crippen MR) is 197 cm³/mol. The van der Waals surface area contributed by atoms with Crippen molar-refractivity contribution in [1.82, 2.24) is 30.5 Å². The Balaban J connectivity index is 0.847. The van der Waals surface area contributed by atoms with E-state index in [0.717, 1.165) is 92.0 Å². The monoisotopic (exact) mass is 665 g/mol. The first-order valence-corrected chi connectivity index (χ1v) is 17.5. The van der Waals surface area contributed by atoms with E-state index in [0.29, 0.717) is 11.1 Å². The molecule has 0 aliphatic carbocycles. The molecule has 5 heterocycles. The highest BCUT2D eigenvalue weighted by Gasteiger charge is 2.24. The second kappa shape index (κ2) is 15.4. The number of nitrogens with one attached hydrogen (secondary N) is 2. The van der Waals surface area contributed by atoms with Crippen LogP contribution in [0.25, 0.3) is 22.3 Å². The summed E-state index contributed by atoms with van der Waals surface area (Å²) in [6.45, 7) is 6.44. The second-order valence-electron chi connectivity index (χ2n) is 13.4. The van der Waals surface area contributed by atoms with Gasteiger partial charge in [-0.05, 0) is 97.3 Å². The van der Waals surface area contributed by atoms with Gasteiger partial charge in [-0.25, -0.2) is 4.98 Å². The van der Waals surface area contributed by atoms with Gasteiger partial charge >= 0.3 is 0 Å². The third-order valence-electron chi connectivity index (χ3n) is 9.88. The summed E-state index contributed by atoms with van der Waals surface area (Å²) in [6, 6.07) is 26.0. The quantitative estimate of drug-likeness (QED) is 0.190. The molecule has 0 saturated carbocycles. The minimum Gasteiger partial charge on any atom is -0.356 e. The van der Waals surface area contributed by atoms with Crippen LogP contribution in [0.2, 0.25) is 0 Å². The minimum atomic E-state index is -0.0373. The Morgan fingerprint density at radius 2 is 1.32 bits per heavy atom. The molecule has 0 radical (unpaired) electrons. The number of nitrogens with zero attached hydrogens (tertiary/aromatic N) is 5. The highest BCUT2D eigenvalue weighted by molar-refractivity contribution is 5.96. The number of likely N-dealkylation sites (tertiary alicyclic amines) is 1. The van der Waals surface area contributed by atoms with E-state index in [1.54, 1.807) is 12.4 Å². The highest BCUT2D eigenvalue weighted by Crippen LogP contribution is 2.25. The smallest absolute Gasteiger partial charge is 0.251 e. The van der Waals surface area contributed by atoms with E-state index in [-0.39, 0.29) is 23.9 Å². The van der Waals surface area contributed by atoms with Crippen molar-refractivity contribution < 1.29 is 9.59 Å². The van der Waals surface area contributed by atoms with Gasteiger partial charge in [-0.1, -0.05) is 36.4 Å². The lowest BCUT2D eigenvalue weighted by Gasteiger charge is -2.34. The van der Waals surface area contributed by atoms with Crippen molar-refractivity contribution in [2.75, 3.05) is 31.1 Å². The Hall–Kier alpha value is -5.41. The highest BCUT2D eigenvalue weighted by atomic mass is 16.2. The number of carbonyl (C=O) groups is 2. The van der Waals surface area contributed by atoms with E-state index < -0.39 is 0 Å². The molecule has 7 rings (SSSR count). The Kier molecular flexibility index (Phi) is 10.2. The molecule has 2 aliphatic rings. The Morgan fingerprint density at radius 3 is 1.96 bits per heavy atom. The number of aryl methyl sites for hydroxylation is 1. The van der Waals surface area contributed by atoms with Crippen molar-refractivity contribution in [2.45, 2.75) is 51.2 Å². The first-order chi connectivity index (χ1) is 24.5. The number of rotatable bonds is 9. The number of aromatic nitrogens is 3. The van der Waals surface area contributed by atoms with Crippen LogP contribution in [0, 0.1) is 6.92 Å². The fourth-order valence-corrected chi connectivity index (χ4v) is 6.95. The van der Waals surface area contributed by atoms with Gasteiger partial charge in [-0.15, -0.1) is 0 Å². The van der Waals surface area contributed by atoms with Crippen LogP contribution in [0.3, 0.4) is 0 Å². The van der Waals surface area contributed by atoms with Crippen LogP contribution in [0.5, 0.6) is 0 Å². The molecule has 50 heavy (non-hydrogen) atoms. The van der Waals surface area contributed by atoms with Gasteiger partial charge in [0.25, 0.3) is 11.8 Å². The second-order valence-corrected chi connectivity index (χ2v) is 13.4. The fourth-order valence-electron chi connectivity index (χ4n) is 6.95. The van der Waals surface area contributed by atoms with Crippen LogP contribution in [-0.2, 0) is 6.54 Å². The van der Waals surface area contributed by atoms with Crippen molar-refractivity contribution in [3.63, 3.8) is 0 Å². The molecule has 2 aromatic carbocycles. The minimum absolute atomic E-state index is 0.0219. The zero-order valence-electron chi connectivity index (χ0n) is 28.5. The molecule has 0 atom stereocenters. The van der Waals surface area contributed by atoms with Crippen LogP contribution < -0.4 is 15.5 Å². The number of piperidine rings is 2. The number of hydrogen-bond acceptors (Lipinski definition) is 7. The summed E-state index contributed by atoms with van der Waals surface area (Å²) in [5.41, 5.74) is 7.69. The summed E-state index contributed by atoms with van der Waals surface area (Å²) in [4.78, 5) is 44.2. The third kappa shape index (κ3) is 8.06. The average Bonchev–Trinajstić information content (AvgIpc) is 3.17. The number of hydrogen-bond donors (Lipinski definition) is 2. The summed E-state index contributed by atoms with van der Waals surface area (Å²) in [6.07, 6.45) is 12.7. The van der Waals surface area contributed by atoms with E-state index in [1.165, 1.54) is 5.56 Å². The lowest BCUT2D eigenvalue weighted by Crippen LogP contribution is -2.45. The molecule has 2 saturated heterocycles. The van der Waals surface area contributed by atoms with Gasteiger partial charge in [0.15, 0.2) is 0 Å². The summed E-state index contributed by atoms with van der Waals surface area (Å²) in [5.74, 6) is 0.919. The van der Waals surface area contributed by atoms with E-state index in [2.05, 4.69) is 49.5 Å². The molecule has 2 fully saturated rings. The lowest BCUT2D eigenvalue weighted by atomic mass is 9.98. The number of amides is 2. The molecule has 3 aromatic heterocycles. The normalized spacial score (nSPS) is 15.8. The molecular weight excluding hydrogens is 622 g/mol. The van der Waals surface area contributed by atoms with E-state index in [4.69, 9.17) is 4.98 Å². The van der Waals surface area contributed by atoms with Crippen LogP contribution >= 0.6 is 0 Å². The molecule has 0 bridgehead atoms. The molecule has 2 aliphatic heterocycles. The van der Waals surface area contributed by atoms with E-state index in [9.17, 15) is 9.59 Å². The molecule has 2 amide bonds. The fraction of sp³-hybridized carbons (Fsp3) is 0.293. The Labute approximate surface area is 293 Å². The molecule has 254 valence electrons. The first kappa shape index (κ1) is 33.1. The molecule has 9 nitrogen and oxygen atoms in total. The predicted octanol–water partition coefficient (Wildman–Crippen LogP) is 6.31. The van der Waals surface area contributed by atoms with Crippen molar-refractivity contribution in [1.29, 1.82) is 0 Å².